The fourth-order valence-corrected chi connectivity index (χ4v) is 1.55. The van der Waals surface area contributed by atoms with Gasteiger partial charge in [-0.2, -0.15) is 5.10 Å². The predicted molar refractivity (Wildman–Crippen MR) is 59.2 cm³/mol. The Morgan fingerprint density at radius 1 is 1.43 bits per heavy atom. The minimum Gasteiger partial charge on any atom is -0.311 e. The van der Waals surface area contributed by atoms with Crippen LogP contribution in [-0.2, 0) is 13.6 Å². The van der Waals surface area contributed by atoms with E-state index in [0.29, 0.717) is 0 Å². The quantitative estimate of drug-likeness (QED) is 0.704. The van der Waals surface area contributed by atoms with Crippen molar-refractivity contribution in [3.63, 3.8) is 0 Å². The summed E-state index contributed by atoms with van der Waals surface area (Å²) in [4.78, 5) is 0. The van der Waals surface area contributed by atoms with E-state index in [1.165, 1.54) is 25.0 Å². The zero-order valence-corrected chi connectivity index (χ0v) is 9.51. The highest BCUT2D eigenvalue weighted by atomic mass is 15.3. The van der Waals surface area contributed by atoms with Gasteiger partial charge in [-0.05, 0) is 26.0 Å². The molecule has 0 bridgehead atoms. The molecular weight excluding hydrogens is 174 g/mol. The highest BCUT2D eigenvalue weighted by molar-refractivity contribution is 5.07. The molecule has 3 nitrogen and oxygen atoms in total. The van der Waals surface area contributed by atoms with Gasteiger partial charge in [0.25, 0.3) is 0 Å². The van der Waals surface area contributed by atoms with Gasteiger partial charge in [-0.3, -0.25) is 4.68 Å². The van der Waals surface area contributed by atoms with Crippen LogP contribution in [0, 0.1) is 6.92 Å². The molecule has 0 saturated heterocycles. The smallest absolute Gasteiger partial charge is 0.0597 e. The molecule has 0 aromatic carbocycles. The molecule has 0 spiro atoms. The summed E-state index contributed by atoms with van der Waals surface area (Å²) in [7, 11) is 2.00. The SMILES string of the molecule is CCCCCNCc1cc(C)nn1C. The summed E-state index contributed by atoms with van der Waals surface area (Å²) in [5.74, 6) is 0. The number of unbranched alkanes of at least 4 members (excludes halogenated alkanes) is 2. The number of nitrogens with zero attached hydrogens (tertiary/aromatic N) is 2. The van der Waals surface area contributed by atoms with Crippen molar-refractivity contribution < 1.29 is 0 Å². The van der Waals surface area contributed by atoms with Gasteiger partial charge in [0.2, 0.25) is 0 Å². The lowest BCUT2D eigenvalue weighted by atomic mass is 10.2. The van der Waals surface area contributed by atoms with Crippen LogP contribution in [0.5, 0.6) is 0 Å². The Morgan fingerprint density at radius 2 is 2.21 bits per heavy atom. The first-order chi connectivity index (χ1) is 6.74. The first kappa shape index (κ1) is 11.2. The molecule has 0 amide bonds. The van der Waals surface area contributed by atoms with Crippen molar-refractivity contribution in [2.45, 2.75) is 39.7 Å². The summed E-state index contributed by atoms with van der Waals surface area (Å²) in [6.07, 6.45) is 3.87. The molecule has 3 heteroatoms. The van der Waals surface area contributed by atoms with Gasteiger partial charge in [-0.1, -0.05) is 19.8 Å². The van der Waals surface area contributed by atoms with Crippen LogP contribution in [0.15, 0.2) is 6.07 Å². The van der Waals surface area contributed by atoms with Crippen molar-refractivity contribution in [2.24, 2.45) is 7.05 Å². The Kier molecular flexibility index (Phi) is 4.66. The van der Waals surface area contributed by atoms with Crippen LogP contribution >= 0.6 is 0 Å². The lowest BCUT2D eigenvalue weighted by Crippen LogP contribution is -2.16. The first-order valence-corrected chi connectivity index (χ1v) is 5.44. The van der Waals surface area contributed by atoms with E-state index in [9.17, 15) is 0 Å². The largest absolute Gasteiger partial charge is 0.311 e. The zero-order chi connectivity index (χ0) is 10.4. The molecule has 1 rings (SSSR count). The van der Waals surface area contributed by atoms with Crippen molar-refractivity contribution in [1.29, 1.82) is 0 Å². The molecule has 1 aromatic rings. The number of aromatic nitrogens is 2. The van der Waals surface area contributed by atoms with Crippen LogP contribution in [0.25, 0.3) is 0 Å². The van der Waals surface area contributed by atoms with Crippen LogP contribution < -0.4 is 5.32 Å². The Hall–Kier alpha value is -0.830. The Bertz CT molecular complexity index is 265. The van der Waals surface area contributed by atoms with Crippen LogP contribution in [0.4, 0.5) is 0 Å². The normalized spacial score (nSPS) is 10.8. The lowest BCUT2D eigenvalue weighted by Gasteiger charge is -2.03. The molecule has 1 aromatic heterocycles. The molecule has 0 fully saturated rings. The second-order valence-corrected chi connectivity index (χ2v) is 3.78. The van der Waals surface area contributed by atoms with E-state index in [4.69, 9.17) is 0 Å². The topological polar surface area (TPSA) is 29.9 Å². The second-order valence-electron chi connectivity index (χ2n) is 3.78. The molecule has 1 heterocycles. The fourth-order valence-electron chi connectivity index (χ4n) is 1.55. The van der Waals surface area contributed by atoms with Crippen LogP contribution in [0.3, 0.4) is 0 Å². The van der Waals surface area contributed by atoms with Gasteiger partial charge in [0, 0.05) is 13.6 Å². The van der Waals surface area contributed by atoms with Crippen LogP contribution in [-0.4, -0.2) is 16.3 Å². The maximum Gasteiger partial charge on any atom is 0.0597 e. The highest BCUT2D eigenvalue weighted by Gasteiger charge is 2.00. The number of rotatable bonds is 6. The van der Waals surface area contributed by atoms with Crippen LogP contribution in [0.1, 0.15) is 37.6 Å². The summed E-state index contributed by atoms with van der Waals surface area (Å²) >= 11 is 0. The standard InChI is InChI=1S/C11H21N3/c1-4-5-6-7-12-9-11-8-10(2)13-14(11)3/h8,12H,4-7,9H2,1-3H3. The van der Waals surface area contributed by atoms with Gasteiger partial charge in [-0.15, -0.1) is 0 Å². The molecule has 0 saturated carbocycles. The Morgan fingerprint density at radius 3 is 2.79 bits per heavy atom. The van der Waals surface area contributed by atoms with Crippen molar-refractivity contribution in [1.82, 2.24) is 15.1 Å². The molecule has 0 aliphatic heterocycles. The number of hydrogen-bond donors (Lipinski definition) is 1. The van der Waals surface area contributed by atoms with Gasteiger partial charge in [-0.25, -0.2) is 0 Å². The Balaban J connectivity index is 2.21. The van der Waals surface area contributed by atoms with E-state index in [1.807, 2.05) is 18.7 Å². The Labute approximate surface area is 86.5 Å². The molecule has 0 unspecified atom stereocenters. The maximum atomic E-state index is 4.30. The maximum absolute atomic E-state index is 4.30. The third-order valence-corrected chi connectivity index (χ3v) is 2.36. The molecule has 1 N–H and O–H groups in total. The summed E-state index contributed by atoms with van der Waals surface area (Å²) in [6, 6.07) is 2.13. The van der Waals surface area contributed by atoms with Crippen LogP contribution in [0.2, 0.25) is 0 Å². The van der Waals surface area contributed by atoms with E-state index in [0.717, 1.165) is 18.8 Å². The number of hydrogen-bond acceptors (Lipinski definition) is 2. The molecule has 0 aliphatic rings. The zero-order valence-electron chi connectivity index (χ0n) is 9.51. The third kappa shape index (κ3) is 3.50. The van der Waals surface area contributed by atoms with E-state index >= 15 is 0 Å². The highest BCUT2D eigenvalue weighted by Crippen LogP contribution is 2.01. The van der Waals surface area contributed by atoms with E-state index in [-0.39, 0.29) is 0 Å². The molecule has 0 radical (unpaired) electrons. The molecule has 0 atom stereocenters. The average Bonchev–Trinajstić information content (AvgIpc) is 2.45. The van der Waals surface area contributed by atoms with Gasteiger partial charge in [0.1, 0.15) is 0 Å². The molecule has 0 aliphatic carbocycles. The summed E-state index contributed by atoms with van der Waals surface area (Å²) in [5, 5.41) is 7.73. The lowest BCUT2D eigenvalue weighted by molar-refractivity contribution is 0.588. The van der Waals surface area contributed by atoms with Gasteiger partial charge in [0.15, 0.2) is 0 Å². The van der Waals surface area contributed by atoms with Gasteiger partial charge < -0.3 is 5.32 Å². The average molecular weight is 195 g/mol. The monoisotopic (exact) mass is 195 g/mol. The van der Waals surface area contributed by atoms with Crippen molar-refractivity contribution in [2.75, 3.05) is 6.54 Å². The van der Waals surface area contributed by atoms with Gasteiger partial charge >= 0.3 is 0 Å². The molecular formula is C11H21N3. The number of nitrogens with one attached hydrogen (secondary N) is 1. The summed E-state index contributed by atoms with van der Waals surface area (Å²) in [5.41, 5.74) is 2.36. The minimum atomic E-state index is 0.932. The first-order valence-electron chi connectivity index (χ1n) is 5.44. The second kappa shape index (κ2) is 5.81. The summed E-state index contributed by atoms with van der Waals surface area (Å²) in [6.45, 7) is 6.30. The van der Waals surface area contributed by atoms with Crippen molar-refractivity contribution in [3.05, 3.63) is 17.5 Å². The number of aryl methyl sites for hydroxylation is 2. The third-order valence-electron chi connectivity index (χ3n) is 2.36. The summed E-state index contributed by atoms with van der Waals surface area (Å²) < 4.78 is 1.95. The van der Waals surface area contributed by atoms with Crippen molar-refractivity contribution >= 4 is 0 Å². The predicted octanol–water partition coefficient (Wildman–Crippen LogP) is 2.01. The van der Waals surface area contributed by atoms with Gasteiger partial charge in [0.05, 0.1) is 11.4 Å². The fraction of sp³-hybridized carbons (Fsp3) is 0.727. The molecule has 14 heavy (non-hydrogen) atoms. The van der Waals surface area contributed by atoms with E-state index < -0.39 is 0 Å². The van der Waals surface area contributed by atoms with E-state index in [1.54, 1.807) is 0 Å². The van der Waals surface area contributed by atoms with E-state index in [2.05, 4.69) is 23.4 Å². The molecule has 80 valence electrons. The minimum absolute atomic E-state index is 0.932. The van der Waals surface area contributed by atoms with Crippen molar-refractivity contribution in [3.8, 4) is 0 Å².